The number of halogens is 1. The molecule has 2 aromatic carbocycles. The summed E-state index contributed by atoms with van der Waals surface area (Å²) in [5.74, 6) is 0.824. The maximum atomic E-state index is 6.07. The van der Waals surface area contributed by atoms with E-state index in [1.807, 2.05) is 24.3 Å². The van der Waals surface area contributed by atoms with Crippen molar-refractivity contribution < 1.29 is 0 Å². The Bertz CT molecular complexity index is 720. The Morgan fingerprint density at radius 2 is 1.62 bits per heavy atom. The monoisotopic (exact) mass is 360 g/mol. The van der Waals surface area contributed by atoms with E-state index >= 15 is 0 Å². The summed E-state index contributed by atoms with van der Waals surface area (Å²) in [6.45, 7) is 11.1. The third-order valence-corrected chi connectivity index (χ3v) is 5.06. The molecule has 0 unspecified atom stereocenters. The lowest BCUT2D eigenvalue weighted by molar-refractivity contribution is 0.589. The zero-order chi connectivity index (χ0) is 17.9. The van der Waals surface area contributed by atoms with Gasteiger partial charge in [0.2, 0.25) is 0 Å². The molecule has 0 spiro atoms. The topological polar surface area (TPSA) is 38.4 Å². The van der Waals surface area contributed by atoms with Gasteiger partial charge in [-0.1, -0.05) is 56.3 Å². The lowest BCUT2D eigenvalue weighted by atomic mass is 9.84. The van der Waals surface area contributed by atoms with E-state index < -0.39 is 0 Å². The number of nitrogens with two attached hydrogens (primary N) is 1. The molecule has 2 N–H and O–H groups in total. The van der Waals surface area contributed by atoms with Crippen molar-refractivity contribution in [3.63, 3.8) is 0 Å². The highest BCUT2D eigenvalue weighted by Crippen LogP contribution is 2.29. The number of amidine groups is 1. The molecule has 2 aromatic rings. The Kier molecular flexibility index (Phi) is 6.00. The summed E-state index contributed by atoms with van der Waals surface area (Å²) in [4.78, 5) is 4.43. The van der Waals surface area contributed by atoms with Gasteiger partial charge in [-0.3, -0.25) is 0 Å². The van der Waals surface area contributed by atoms with Gasteiger partial charge in [-0.25, -0.2) is 4.99 Å². The van der Waals surface area contributed by atoms with Crippen LogP contribution in [0.3, 0.4) is 0 Å². The predicted molar refractivity (Wildman–Crippen MR) is 109 cm³/mol. The van der Waals surface area contributed by atoms with E-state index in [4.69, 9.17) is 17.3 Å². The zero-order valence-electron chi connectivity index (χ0n) is 15.0. The highest BCUT2D eigenvalue weighted by atomic mass is 35.5. The fourth-order valence-corrected chi connectivity index (χ4v) is 3.52. The van der Waals surface area contributed by atoms with Gasteiger partial charge in [-0.2, -0.15) is 0 Å². The van der Waals surface area contributed by atoms with E-state index in [0.29, 0.717) is 10.2 Å². The lowest BCUT2D eigenvalue weighted by Crippen LogP contribution is -2.13. The van der Waals surface area contributed by atoms with Crippen molar-refractivity contribution in [2.45, 2.75) is 45.8 Å². The molecule has 2 nitrogen and oxygen atoms in total. The minimum absolute atomic E-state index is 0.163. The molecule has 0 amide bonds. The van der Waals surface area contributed by atoms with E-state index in [1.54, 1.807) is 11.8 Å². The smallest absolute Gasteiger partial charge is 0.159 e. The first-order valence-electron chi connectivity index (χ1n) is 8.00. The highest BCUT2D eigenvalue weighted by Gasteiger charge is 2.16. The number of aryl methyl sites for hydroxylation is 2. The molecule has 0 aliphatic heterocycles. The van der Waals surface area contributed by atoms with Crippen molar-refractivity contribution in [3.05, 3.63) is 63.7 Å². The van der Waals surface area contributed by atoms with Crippen molar-refractivity contribution in [2.24, 2.45) is 10.7 Å². The summed E-state index contributed by atoms with van der Waals surface area (Å²) in [5.41, 5.74) is 12.4. The van der Waals surface area contributed by atoms with Gasteiger partial charge in [0.05, 0.1) is 5.69 Å². The molecule has 2 rings (SSSR count). The summed E-state index contributed by atoms with van der Waals surface area (Å²) in [6.07, 6.45) is 0. The summed E-state index contributed by atoms with van der Waals surface area (Å²) >= 11 is 7.45. The van der Waals surface area contributed by atoms with Gasteiger partial charge in [0.25, 0.3) is 0 Å². The Morgan fingerprint density at radius 1 is 1.08 bits per heavy atom. The molecule has 0 aliphatic rings. The first kappa shape index (κ1) is 18.9. The quantitative estimate of drug-likeness (QED) is 0.527. The molecule has 0 radical (unpaired) electrons. The van der Waals surface area contributed by atoms with Crippen molar-refractivity contribution in [1.29, 1.82) is 0 Å². The second kappa shape index (κ2) is 7.62. The molecule has 0 saturated carbocycles. The Balaban J connectivity index is 2.13. The van der Waals surface area contributed by atoms with Crippen molar-refractivity contribution in [3.8, 4) is 0 Å². The number of rotatable bonds is 3. The van der Waals surface area contributed by atoms with Crippen molar-refractivity contribution in [2.75, 3.05) is 0 Å². The van der Waals surface area contributed by atoms with Crippen molar-refractivity contribution >= 4 is 34.2 Å². The van der Waals surface area contributed by atoms with Gasteiger partial charge < -0.3 is 5.73 Å². The third-order valence-electron chi connectivity index (χ3n) is 3.99. The van der Waals surface area contributed by atoms with Crippen LogP contribution in [0.4, 0.5) is 5.69 Å². The maximum absolute atomic E-state index is 6.07. The Labute approximate surface area is 154 Å². The highest BCUT2D eigenvalue weighted by molar-refractivity contribution is 8.13. The van der Waals surface area contributed by atoms with Crippen LogP contribution in [0.15, 0.2) is 41.4 Å². The molecular weight excluding hydrogens is 336 g/mol. The SMILES string of the molecule is Cc1cc(C(C)(C)C)cc(C)c1CSC(N)=Nc1ccc(Cl)cc1. The molecule has 128 valence electrons. The van der Waals surface area contributed by atoms with Crippen LogP contribution in [-0.4, -0.2) is 5.17 Å². The predicted octanol–water partition coefficient (Wildman–Crippen LogP) is 6.13. The second-order valence-corrected chi connectivity index (χ2v) is 8.49. The molecule has 0 fully saturated rings. The first-order valence-corrected chi connectivity index (χ1v) is 9.36. The molecule has 0 bridgehead atoms. The number of nitrogens with zero attached hydrogens (tertiary/aromatic N) is 1. The average Bonchev–Trinajstić information content (AvgIpc) is 2.47. The van der Waals surface area contributed by atoms with Crippen LogP contribution >= 0.6 is 23.4 Å². The van der Waals surface area contributed by atoms with Crippen LogP contribution in [0.1, 0.15) is 43.0 Å². The Morgan fingerprint density at radius 3 is 2.12 bits per heavy atom. The van der Waals surface area contributed by atoms with Crippen LogP contribution < -0.4 is 5.73 Å². The molecule has 0 aliphatic carbocycles. The minimum Gasteiger partial charge on any atom is -0.378 e. The number of aliphatic imine (C=N–C) groups is 1. The summed E-state index contributed by atoms with van der Waals surface area (Å²) in [6, 6.07) is 11.9. The molecule has 0 saturated heterocycles. The number of thioether (sulfide) groups is 1. The lowest BCUT2D eigenvalue weighted by Gasteiger charge is -2.22. The van der Waals surface area contributed by atoms with Gasteiger partial charge >= 0.3 is 0 Å². The number of hydrogen-bond acceptors (Lipinski definition) is 2. The molecule has 0 aromatic heterocycles. The average molecular weight is 361 g/mol. The van der Waals surface area contributed by atoms with Crippen LogP contribution in [0.5, 0.6) is 0 Å². The fourth-order valence-electron chi connectivity index (χ4n) is 2.48. The fraction of sp³-hybridized carbons (Fsp3) is 0.350. The van der Waals surface area contributed by atoms with E-state index in [-0.39, 0.29) is 5.41 Å². The van der Waals surface area contributed by atoms with E-state index in [0.717, 1.165) is 11.4 Å². The Hall–Kier alpha value is -1.45. The summed E-state index contributed by atoms with van der Waals surface area (Å²) < 4.78 is 0. The van der Waals surface area contributed by atoms with Crippen LogP contribution in [0, 0.1) is 13.8 Å². The molecule has 0 heterocycles. The van der Waals surface area contributed by atoms with E-state index in [9.17, 15) is 0 Å². The van der Waals surface area contributed by atoms with E-state index in [2.05, 4.69) is 51.7 Å². The zero-order valence-corrected chi connectivity index (χ0v) is 16.6. The van der Waals surface area contributed by atoms with Gasteiger partial charge in [-0.15, -0.1) is 0 Å². The standard InChI is InChI=1S/C20H25ClN2S/c1-13-10-15(20(3,4)5)11-14(2)18(13)12-24-19(22)23-17-8-6-16(21)7-9-17/h6-11H,12H2,1-5H3,(H2,22,23). The molecule has 24 heavy (non-hydrogen) atoms. The van der Waals surface area contributed by atoms with Gasteiger partial charge in [0.1, 0.15) is 0 Å². The second-order valence-electron chi connectivity index (χ2n) is 7.05. The van der Waals surface area contributed by atoms with Crippen molar-refractivity contribution in [1.82, 2.24) is 0 Å². The van der Waals surface area contributed by atoms with Crippen LogP contribution in [0.25, 0.3) is 0 Å². The van der Waals surface area contributed by atoms with Gasteiger partial charge in [0.15, 0.2) is 5.17 Å². The molecular formula is C20H25ClN2S. The first-order chi connectivity index (χ1) is 11.2. The number of benzene rings is 2. The number of hydrogen-bond donors (Lipinski definition) is 1. The van der Waals surface area contributed by atoms with Gasteiger partial charge in [0, 0.05) is 10.8 Å². The maximum Gasteiger partial charge on any atom is 0.159 e. The molecule has 4 heteroatoms. The van der Waals surface area contributed by atoms with Crippen LogP contribution in [0.2, 0.25) is 5.02 Å². The van der Waals surface area contributed by atoms with Gasteiger partial charge in [-0.05, 0) is 65.8 Å². The van der Waals surface area contributed by atoms with Crippen LogP contribution in [-0.2, 0) is 11.2 Å². The minimum atomic E-state index is 0.163. The third kappa shape index (κ3) is 5.02. The molecule has 0 atom stereocenters. The summed E-state index contributed by atoms with van der Waals surface area (Å²) in [7, 11) is 0. The summed E-state index contributed by atoms with van der Waals surface area (Å²) in [5, 5.41) is 1.27. The van der Waals surface area contributed by atoms with E-state index in [1.165, 1.54) is 22.3 Å². The largest absolute Gasteiger partial charge is 0.378 e. The normalized spacial score (nSPS) is 12.5.